The van der Waals surface area contributed by atoms with Crippen LogP contribution in [0.4, 0.5) is 11.4 Å². The molecule has 1 heterocycles. The standard InChI is InChI=1S/C11H14N4O/c1-16-9-2-3-11(10(12)4-9)14-6-8-5-13-7-15-8/h2-5,7,14H,6,12H2,1H3,(H,13,15). The van der Waals surface area contributed by atoms with Gasteiger partial charge < -0.3 is 20.8 Å². The third-order valence-electron chi connectivity index (χ3n) is 2.28. The number of nitrogens with zero attached hydrogens (tertiary/aromatic N) is 1. The van der Waals surface area contributed by atoms with Crippen LogP contribution in [-0.2, 0) is 6.54 Å². The average molecular weight is 218 g/mol. The Hall–Kier alpha value is -2.17. The number of benzene rings is 1. The highest BCUT2D eigenvalue weighted by atomic mass is 16.5. The molecule has 0 aliphatic carbocycles. The van der Waals surface area contributed by atoms with Gasteiger partial charge in [0.1, 0.15) is 5.75 Å². The molecule has 1 aromatic carbocycles. The summed E-state index contributed by atoms with van der Waals surface area (Å²) in [6.07, 6.45) is 3.42. The van der Waals surface area contributed by atoms with Gasteiger partial charge in [-0.3, -0.25) is 0 Å². The van der Waals surface area contributed by atoms with Gasteiger partial charge in [0, 0.05) is 12.3 Å². The highest BCUT2D eigenvalue weighted by Crippen LogP contribution is 2.24. The molecule has 0 atom stereocenters. The molecule has 0 radical (unpaired) electrons. The van der Waals surface area contributed by atoms with Crippen LogP contribution in [0.15, 0.2) is 30.7 Å². The zero-order valence-corrected chi connectivity index (χ0v) is 9.03. The van der Waals surface area contributed by atoms with Crippen molar-refractivity contribution in [2.45, 2.75) is 6.54 Å². The van der Waals surface area contributed by atoms with Gasteiger partial charge in [-0.2, -0.15) is 0 Å². The maximum atomic E-state index is 5.87. The fourth-order valence-electron chi connectivity index (χ4n) is 1.40. The van der Waals surface area contributed by atoms with Gasteiger partial charge in [-0.25, -0.2) is 4.98 Å². The van der Waals surface area contributed by atoms with Crippen molar-refractivity contribution in [1.82, 2.24) is 9.97 Å². The van der Waals surface area contributed by atoms with Crippen LogP contribution < -0.4 is 15.8 Å². The van der Waals surface area contributed by atoms with Crippen LogP contribution in [0, 0.1) is 0 Å². The number of anilines is 2. The molecule has 2 rings (SSSR count). The highest BCUT2D eigenvalue weighted by molar-refractivity contribution is 5.68. The summed E-state index contributed by atoms with van der Waals surface area (Å²) in [4.78, 5) is 6.95. The summed E-state index contributed by atoms with van der Waals surface area (Å²) >= 11 is 0. The molecular weight excluding hydrogens is 204 g/mol. The number of ether oxygens (including phenoxy) is 1. The molecule has 16 heavy (non-hydrogen) atoms. The first kappa shape index (κ1) is 10.4. The van der Waals surface area contributed by atoms with Crippen LogP contribution in [0.25, 0.3) is 0 Å². The Morgan fingerprint density at radius 3 is 3.00 bits per heavy atom. The Bertz CT molecular complexity index is 453. The number of imidazole rings is 1. The average Bonchev–Trinajstić information content (AvgIpc) is 2.80. The van der Waals surface area contributed by atoms with Gasteiger partial charge in [-0.05, 0) is 12.1 Å². The van der Waals surface area contributed by atoms with Crippen LogP contribution in [0.2, 0.25) is 0 Å². The first-order valence-electron chi connectivity index (χ1n) is 4.94. The molecule has 84 valence electrons. The lowest BCUT2D eigenvalue weighted by Crippen LogP contribution is -2.02. The molecule has 0 spiro atoms. The third kappa shape index (κ3) is 2.25. The molecule has 5 heteroatoms. The van der Waals surface area contributed by atoms with Crippen LogP contribution in [-0.4, -0.2) is 17.1 Å². The number of rotatable bonds is 4. The van der Waals surface area contributed by atoms with Crippen molar-refractivity contribution in [3.63, 3.8) is 0 Å². The minimum absolute atomic E-state index is 0.663. The quantitative estimate of drug-likeness (QED) is 0.681. The number of H-pyrrole nitrogens is 1. The number of aromatic amines is 1. The first-order valence-corrected chi connectivity index (χ1v) is 4.94. The van der Waals surface area contributed by atoms with Crippen LogP contribution in [0.3, 0.4) is 0 Å². The normalized spacial score (nSPS) is 10.1. The molecule has 0 aliphatic rings. The van der Waals surface area contributed by atoms with Crippen molar-refractivity contribution in [3.8, 4) is 5.75 Å². The molecule has 0 unspecified atom stereocenters. The van der Waals surface area contributed by atoms with Crippen LogP contribution in [0.1, 0.15) is 5.69 Å². The fraction of sp³-hybridized carbons (Fsp3) is 0.182. The van der Waals surface area contributed by atoms with Gasteiger partial charge in [0.2, 0.25) is 0 Å². The van der Waals surface area contributed by atoms with E-state index in [1.807, 2.05) is 12.1 Å². The largest absolute Gasteiger partial charge is 0.497 e. The summed E-state index contributed by atoms with van der Waals surface area (Å²) in [5.41, 5.74) is 8.43. The van der Waals surface area contributed by atoms with Crippen molar-refractivity contribution in [3.05, 3.63) is 36.4 Å². The van der Waals surface area contributed by atoms with E-state index in [0.717, 1.165) is 17.1 Å². The lowest BCUT2D eigenvalue weighted by molar-refractivity contribution is 0.415. The van der Waals surface area contributed by atoms with Crippen molar-refractivity contribution in [1.29, 1.82) is 0 Å². The first-order chi connectivity index (χ1) is 7.79. The molecule has 0 aliphatic heterocycles. The monoisotopic (exact) mass is 218 g/mol. The van der Waals surface area contributed by atoms with Crippen molar-refractivity contribution in [2.24, 2.45) is 0 Å². The number of nitrogens with two attached hydrogens (primary N) is 1. The highest BCUT2D eigenvalue weighted by Gasteiger charge is 2.01. The van der Waals surface area contributed by atoms with E-state index in [2.05, 4.69) is 15.3 Å². The Kier molecular flexibility index (Phi) is 2.95. The molecule has 0 saturated carbocycles. The smallest absolute Gasteiger partial charge is 0.121 e. The molecule has 0 amide bonds. The molecule has 2 aromatic rings. The third-order valence-corrected chi connectivity index (χ3v) is 2.28. The Morgan fingerprint density at radius 2 is 2.38 bits per heavy atom. The van der Waals surface area contributed by atoms with Crippen molar-refractivity contribution < 1.29 is 4.74 Å². The molecular formula is C11H14N4O. The van der Waals surface area contributed by atoms with Gasteiger partial charge in [0.05, 0.1) is 37.1 Å². The second-order valence-electron chi connectivity index (χ2n) is 3.38. The second kappa shape index (κ2) is 4.57. The number of aromatic nitrogens is 2. The summed E-state index contributed by atoms with van der Waals surface area (Å²) in [5.74, 6) is 0.754. The summed E-state index contributed by atoms with van der Waals surface area (Å²) in [5, 5.41) is 3.21. The van der Waals surface area contributed by atoms with Gasteiger partial charge in [0.15, 0.2) is 0 Å². The van der Waals surface area contributed by atoms with Crippen LogP contribution >= 0.6 is 0 Å². The molecule has 0 fully saturated rings. The predicted molar refractivity (Wildman–Crippen MR) is 63.3 cm³/mol. The van der Waals surface area contributed by atoms with Gasteiger partial charge in [-0.1, -0.05) is 0 Å². The Labute approximate surface area is 93.7 Å². The molecule has 0 bridgehead atoms. The maximum absolute atomic E-state index is 5.87. The van der Waals surface area contributed by atoms with E-state index in [1.165, 1.54) is 0 Å². The number of methoxy groups -OCH3 is 1. The van der Waals surface area contributed by atoms with Gasteiger partial charge >= 0.3 is 0 Å². The summed E-state index contributed by atoms with van der Waals surface area (Å²) < 4.78 is 5.08. The number of hydrogen-bond donors (Lipinski definition) is 3. The fourth-order valence-corrected chi connectivity index (χ4v) is 1.40. The van der Waals surface area contributed by atoms with E-state index in [0.29, 0.717) is 12.2 Å². The minimum atomic E-state index is 0.663. The molecule has 5 nitrogen and oxygen atoms in total. The van der Waals surface area contributed by atoms with E-state index < -0.39 is 0 Å². The molecule has 1 aromatic heterocycles. The lowest BCUT2D eigenvalue weighted by Gasteiger charge is -2.09. The predicted octanol–water partition coefficient (Wildman–Crippen LogP) is 1.61. The summed E-state index contributed by atoms with van der Waals surface area (Å²) in [6.45, 7) is 0.663. The topological polar surface area (TPSA) is 76.0 Å². The molecule has 4 N–H and O–H groups in total. The number of hydrogen-bond acceptors (Lipinski definition) is 4. The summed E-state index contributed by atoms with van der Waals surface area (Å²) in [7, 11) is 1.62. The SMILES string of the molecule is COc1ccc(NCc2cnc[nH]2)c(N)c1. The van der Waals surface area contributed by atoms with Gasteiger partial charge in [-0.15, -0.1) is 0 Å². The second-order valence-corrected chi connectivity index (χ2v) is 3.38. The van der Waals surface area contributed by atoms with Gasteiger partial charge in [0.25, 0.3) is 0 Å². The summed E-state index contributed by atoms with van der Waals surface area (Å²) in [6, 6.07) is 5.55. The lowest BCUT2D eigenvalue weighted by atomic mass is 10.2. The van der Waals surface area contributed by atoms with E-state index in [9.17, 15) is 0 Å². The molecule has 0 saturated heterocycles. The zero-order chi connectivity index (χ0) is 11.4. The number of nitrogens with one attached hydrogen (secondary N) is 2. The van der Waals surface area contributed by atoms with E-state index in [-0.39, 0.29) is 0 Å². The number of nitrogen functional groups attached to an aromatic ring is 1. The van der Waals surface area contributed by atoms with E-state index in [1.54, 1.807) is 25.7 Å². The maximum Gasteiger partial charge on any atom is 0.121 e. The minimum Gasteiger partial charge on any atom is -0.497 e. The zero-order valence-electron chi connectivity index (χ0n) is 9.03. The Balaban J connectivity index is 2.04. The van der Waals surface area contributed by atoms with Crippen molar-refractivity contribution in [2.75, 3.05) is 18.2 Å². The van der Waals surface area contributed by atoms with E-state index in [4.69, 9.17) is 10.5 Å². The van der Waals surface area contributed by atoms with E-state index >= 15 is 0 Å². The Morgan fingerprint density at radius 1 is 1.50 bits per heavy atom. The van der Waals surface area contributed by atoms with Crippen molar-refractivity contribution >= 4 is 11.4 Å². The van der Waals surface area contributed by atoms with Crippen LogP contribution in [0.5, 0.6) is 5.75 Å².